The SMILES string of the molecule is Nc1cc(-c2ccc(Cl)cc2Cl)nc(C(F)(F)F)n1. The molecule has 0 saturated carbocycles. The van der Waals surface area contributed by atoms with E-state index < -0.39 is 12.0 Å². The summed E-state index contributed by atoms with van der Waals surface area (Å²) in [4.78, 5) is 6.57. The van der Waals surface area contributed by atoms with Gasteiger partial charge >= 0.3 is 6.18 Å². The molecule has 2 N–H and O–H groups in total. The van der Waals surface area contributed by atoms with Crippen molar-refractivity contribution in [3.63, 3.8) is 0 Å². The van der Waals surface area contributed by atoms with Gasteiger partial charge < -0.3 is 5.73 Å². The average Bonchev–Trinajstić information content (AvgIpc) is 2.26. The second-order valence-corrected chi connectivity index (χ2v) is 4.47. The first-order valence-electron chi connectivity index (χ1n) is 4.94. The highest BCUT2D eigenvalue weighted by Gasteiger charge is 2.35. The van der Waals surface area contributed by atoms with Crippen molar-refractivity contribution >= 4 is 29.0 Å². The number of benzene rings is 1. The zero-order valence-corrected chi connectivity index (χ0v) is 10.7. The smallest absolute Gasteiger partial charge is 0.384 e. The zero-order chi connectivity index (χ0) is 14.2. The summed E-state index contributed by atoms with van der Waals surface area (Å²) in [5.74, 6) is -1.60. The molecule has 0 aliphatic carbocycles. The fourth-order valence-electron chi connectivity index (χ4n) is 1.43. The van der Waals surface area contributed by atoms with Gasteiger partial charge in [0.15, 0.2) is 0 Å². The summed E-state index contributed by atoms with van der Waals surface area (Å²) in [7, 11) is 0. The lowest BCUT2D eigenvalue weighted by atomic mass is 10.1. The van der Waals surface area contributed by atoms with Gasteiger partial charge in [0.25, 0.3) is 0 Å². The summed E-state index contributed by atoms with van der Waals surface area (Å²) in [5, 5.41) is 0.547. The number of anilines is 1. The molecule has 2 rings (SSSR count). The van der Waals surface area contributed by atoms with Crippen molar-refractivity contribution < 1.29 is 13.2 Å². The Morgan fingerprint density at radius 2 is 1.74 bits per heavy atom. The summed E-state index contributed by atoms with van der Waals surface area (Å²) in [6, 6.07) is 5.58. The number of nitrogens with zero attached hydrogens (tertiary/aromatic N) is 2. The van der Waals surface area contributed by atoms with Gasteiger partial charge in [-0.05, 0) is 18.2 Å². The molecule has 0 aliphatic heterocycles. The second-order valence-electron chi connectivity index (χ2n) is 3.62. The van der Waals surface area contributed by atoms with E-state index in [4.69, 9.17) is 28.9 Å². The molecule has 0 fully saturated rings. The predicted molar refractivity (Wildman–Crippen MR) is 66.9 cm³/mol. The van der Waals surface area contributed by atoms with Gasteiger partial charge in [-0.1, -0.05) is 23.2 Å². The van der Waals surface area contributed by atoms with E-state index in [-0.39, 0.29) is 16.5 Å². The van der Waals surface area contributed by atoms with Gasteiger partial charge in [-0.3, -0.25) is 0 Å². The Kier molecular flexibility index (Phi) is 3.56. The molecule has 3 nitrogen and oxygen atoms in total. The highest BCUT2D eigenvalue weighted by Crippen LogP contribution is 2.33. The molecule has 0 aliphatic rings. The lowest BCUT2D eigenvalue weighted by molar-refractivity contribution is -0.144. The van der Waals surface area contributed by atoms with Crippen LogP contribution in [0.3, 0.4) is 0 Å². The maximum absolute atomic E-state index is 12.6. The van der Waals surface area contributed by atoms with Crippen LogP contribution in [0.25, 0.3) is 11.3 Å². The van der Waals surface area contributed by atoms with Gasteiger partial charge in [-0.2, -0.15) is 13.2 Å². The fraction of sp³-hybridized carbons (Fsp3) is 0.0909. The highest BCUT2D eigenvalue weighted by molar-refractivity contribution is 6.36. The molecule has 0 amide bonds. The largest absolute Gasteiger partial charge is 0.451 e. The number of alkyl halides is 3. The summed E-state index contributed by atoms with van der Waals surface area (Å²) in [6.07, 6.45) is -4.68. The van der Waals surface area contributed by atoms with Crippen molar-refractivity contribution in [3.8, 4) is 11.3 Å². The van der Waals surface area contributed by atoms with Gasteiger partial charge in [0.05, 0.1) is 10.7 Å². The normalized spacial score (nSPS) is 11.6. The number of rotatable bonds is 1. The Morgan fingerprint density at radius 3 is 2.32 bits per heavy atom. The molecule has 0 unspecified atom stereocenters. The minimum atomic E-state index is -4.68. The molecular formula is C11H6Cl2F3N3. The number of aromatic nitrogens is 2. The van der Waals surface area contributed by atoms with E-state index in [0.717, 1.165) is 0 Å². The Hall–Kier alpha value is -1.53. The van der Waals surface area contributed by atoms with Crippen LogP contribution in [0.1, 0.15) is 5.82 Å². The van der Waals surface area contributed by atoms with Crippen LogP contribution in [0, 0.1) is 0 Å². The Labute approximate surface area is 116 Å². The van der Waals surface area contributed by atoms with E-state index >= 15 is 0 Å². The molecule has 0 atom stereocenters. The number of nitrogens with two attached hydrogens (primary N) is 1. The van der Waals surface area contributed by atoms with E-state index in [2.05, 4.69) is 9.97 Å². The van der Waals surface area contributed by atoms with Crippen LogP contribution in [0.4, 0.5) is 19.0 Å². The lowest BCUT2D eigenvalue weighted by Crippen LogP contribution is -2.13. The third-order valence-corrected chi connectivity index (χ3v) is 2.75. The molecule has 2 aromatic rings. The topological polar surface area (TPSA) is 51.8 Å². The lowest BCUT2D eigenvalue weighted by Gasteiger charge is -2.09. The predicted octanol–water partition coefficient (Wildman–Crippen LogP) is 4.05. The zero-order valence-electron chi connectivity index (χ0n) is 9.17. The number of halogens is 5. The maximum Gasteiger partial charge on any atom is 0.451 e. The van der Waals surface area contributed by atoms with Crippen LogP contribution in [-0.2, 0) is 6.18 Å². The van der Waals surface area contributed by atoms with Crippen molar-refractivity contribution in [2.45, 2.75) is 6.18 Å². The molecule has 1 aromatic carbocycles. The molecule has 0 spiro atoms. The Bertz CT molecular complexity index is 629. The average molecular weight is 308 g/mol. The standard InChI is InChI=1S/C11H6Cl2F3N3/c12-5-1-2-6(7(13)3-5)8-4-9(17)19-10(18-8)11(14,15)16/h1-4H,(H2,17,18,19). The highest BCUT2D eigenvalue weighted by atomic mass is 35.5. The minimum Gasteiger partial charge on any atom is -0.384 e. The summed E-state index contributed by atoms with van der Waals surface area (Å²) in [5.41, 5.74) is 5.64. The van der Waals surface area contributed by atoms with Gasteiger partial charge in [0.1, 0.15) is 5.82 Å². The number of hydrogen-bond donors (Lipinski definition) is 1. The van der Waals surface area contributed by atoms with Crippen molar-refractivity contribution in [2.24, 2.45) is 0 Å². The van der Waals surface area contributed by atoms with E-state index in [1.165, 1.54) is 24.3 Å². The summed E-state index contributed by atoms with van der Waals surface area (Å²) < 4.78 is 37.8. The molecular weight excluding hydrogens is 302 g/mol. The quantitative estimate of drug-likeness (QED) is 0.864. The van der Waals surface area contributed by atoms with Crippen LogP contribution in [0.15, 0.2) is 24.3 Å². The van der Waals surface area contributed by atoms with Crippen LogP contribution in [-0.4, -0.2) is 9.97 Å². The van der Waals surface area contributed by atoms with Crippen LogP contribution < -0.4 is 5.73 Å². The number of hydrogen-bond acceptors (Lipinski definition) is 3. The fourth-order valence-corrected chi connectivity index (χ4v) is 1.93. The second kappa shape index (κ2) is 4.86. The first kappa shape index (κ1) is 13.9. The Morgan fingerprint density at radius 1 is 1.05 bits per heavy atom. The summed E-state index contributed by atoms with van der Waals surface area (Å²) in [6.45, 7) is 0. The van der Waals surface area contributed by atoms with Crippen molar-refractivity contribution in [1.29, 1.82) is 0 Å². The van der Waals surface area contributed by atoms with Gasteiger partial charge in [0, 0.05) is 16.7 Å². The van der Waals surface area contributed by atoms with Crippen molar-refractivity contribution in [2.75, 3.05) is 5.73 Å². The van der Waals surface area contributed by atoms with E-state index in [9.17, 15) is 13.2 Å². The van der Waals surface area contributed by atoms with Crippen molar-refractivity contribution in [3.05, 3.63) is 40.1 Å². The molecule has 100 valence electrons. The van der Waals surface area contributed by atoms with Gasteiger partial charge in [0.2, 0.25) is 5.82 Å². The third kappa shape index (κ3) is 3.08. The Balaban J connectivity index is 2.59. The van der Waals surface area contributed by atoms with E-state index in [1.54, 1.807) is 0 Å². The van der Waals surface area contributed by atoms with E-state index in [1.807, 2.05) is 0 Å². The molecule has 8 heteroatoms. The molecule has 0 saturated heterocycles. The summed E-state index contributed by atoms with van der Waals surface area (Å²) >= 11 is 11.6. The molecule has 1 aromatic heterocycles. The number of nitrogen functional groups attached to an aromatic ring is 1. The van der Waals surface area contributed by atoms with Gasteiger partial charge in [-0.25, -0.2) is 9.97 Å². The monoisotopic (exact) mass is 307 g/mol. The molecule has 0 bridgehead atoms. The molecule has 19 heavy (non-hydrogen) atoms. The van der Waals surface area contributed by atoms with Gasteiger partial charge in [-0.15, -0.1) is 0 Å². The van der Waals surface area contributed by atoms with Crippen LogP contribution >= 0.6 is 23.2 Å². The third-order valence-electron chi connectivity index (χ3n) is 2.21. The first-order chi connectivity index (χ1) is 8.77. The van der Waals surface area contributed by atoms with Crippen LogP contribution in [0.2, 0.25) is 10.0 Å². The molecule has 1 heterocycles. The van der Waals surface area contributed by atoms with Crippen molar-refractivity contribution in [1.82, 2.24) is 9.97 Å². The van der Waals surface area contributed by atoms with Crippen LogP contribution in [0.5, 0.6) is 0 Å². The minimum absolute atomic E-state index is 0.0125. The maximum atomic E-state index is 12.6. The molecule has 0 radical (unpaired) electrons. The van der Waals surface area contributed by atoms with E-state index in [0.29, 0.717) is 10.6 Å². The first-order valence-corrected chi connectivity index (χ1v) is 5.70.